The van der Waals surface area contributed by atoms with Gasteiger partial charge in [0, 0.05) is 32.7 Å². The van der Waals surface area contributed by atoms with E-state index in [4.69, 9.17) is 9.90 Å². The van der Waals surface area contributed by atoms with Gasteiger partial charge in [-0.05, 0) is 39.9 Å². The number of likely N-dealkylation sites (N-methyl/N-ethyl adjacent to an activating group) is 1. The van der Waals surface area contributed by atoms with Crippen molar-refractivity contribution in [3.63, 3.8) is 0 Å². The Morgan fingerprint density at radius 1 is 0.679 bits per heavy atom. The second-order valence-corrected chi connectivity index (χ2v) is 16.1. The minimum absolute atomic E-state index is 0. The Hall–Kier alpha value is -0.950. The molecule has 0 atom stereocenters. The van der Waals surface area contributed by atoms with Crippen LogP contribution in [-0.2, 0) is 39.1 Å². The number of carbonyl (C=O) groups excluding carboxylic acids is 2. The van der Waals surface area contributed by atoms with E-state index in [1.165, 1.54) is 0 Å². The van der Waals surface area contributed by atoms with Crippen molar-refractivity contribution >= 4 is 43.6 Å². The Balaban J connectivity index is -0.000000427. The fourth-order valence-electron chi connectivity index (χ4n) is 3.58. The number of alkyl halides is 13. The molecule has 56 heavy (non-hydrogen) atoms. The Labute approximate surface area is 343 Å². The van der Waals surface area contributed by atoms with Crippen LogP contribution in [0, 0.1) is 0 Å². The van der Waals surface area contributed by atoms with E-state index in [1.54, 1.807) is 28.2 Å². The van der Waals surface area contributed by atoms with Gasteiger partial charge >= 0.3 is 54.3 Å². The second-order valence-electron chi connectivity index (χ2n) is 12.0. The van der Waals surface area contributed by atoms with Crippen molar-refractivity contribution in [3.05, 3.63) is 0 Å². The number of carboxylic acid groups (broad SMARTS) is 2. The molecule has 2 N–H and O–H groups in total. The van der Waals surface area contributed by atoms with Gasteiger partial charge in [-0.3, -0.25) is 0 Å². The first-order valence-corrected chi connectivity index (χ1v) is 19.2. The molecule has 0 heterocycles. The molecule has 0 aliphatic heterocycles. The molecule has 0 aromatic heterocycles. The maximum absolute atomic E-state index is 12.2. The zero-order valence-electron chi connectivity index (χ0n) is 30.8. The molecule has 332 valence electrons. The Kier molecular flexibility index (Phi) is 30.6. The van der Waals surface area contributed by atoms with Crippen molar-refractivity contribution in [1.82, 2.24) is 14.3 Å². The topological polar surface area (TPSA) is 194 Å². The summed E-state index contributed by atoms with van der Waals surface area (Å²) in [6, 6.07) is 0. The van der Waals surface area contributed by atoms with Crippen molar-refractivity contribution in [1.29, 1.82) is 0 Å². The number of hydrogen-bond acceptors (Lipinski definition) is 11. The van der Waals surface area contributed by atoms with Gasteiger partial charge < -0.3 is 38.7 Å². The third kappa shape index (κ3) is 36.2. The van der Waals surface area contributed by atoms with Gasteiger partial charge in [0.25, 0.3) is 0 Å². The van der Waals surface area contributed by atoms with E-state index in [2.05, 4.69) is 30.5 Å². The molecule has 0 aliphatic carbocycles. The third-order valence-electron chi connectivity index (χ3n) is 5.91. The van der Waals surface area contributed by atoms with Crippen molar-refractivity contribution in [3.8, 4) is 0 Å². The number of ether oxygens (including phenoxy) is 2. The van der Waals surface area contributed by atoms with E-state index in [9.17, 15) is 79.4 Å². The summed E-state index contributed by atoms with van der Waals surface area (Å²) in [5.41, 5.74) is 0. The molecular formula is C26H44ClF12N4NaO10S2. The van der Waals surface area contributed by atoms with E-state index in [1.807, 2.05) is 4.90 Å². The first-order valence-electron chi connectivity index (χ1n) is 15.4. The normalized spacial score (nSPS) is 13.1. The number of nitrogens with zero attached hydrogens (tertiary/aromatic N) is 2. The van der Waals surface area contributed by atoms with Crippen LogP contribution in [-0.4, -0.2) is 167 Å². The molecule has 0 bridgehead atoms. The summed E-state index contributed by atoms with van der Waals surface area (Å²) >= 11 is 4.67. The molecule has 30 heteroatoms. The summed E-state index contributed by atoms with van der Waals surface area (Å²) in [5.74, 6) is -4.24. The molecule has 0 rings (SSSR count). The largest absolute Gasteiger partial charge is 1.00 e. The molecule has 0 aromatic rings. The molecule has 0 saturated carbocycles. The molecule has 0 amide bonds. The zero-order valence-corrected chi connectivity index (χ0v) is 35.2. The van der Waals surface area contributed by atoms with Crippen LogP contribution in [0.5, 0.6) is 0 Å². The van der Waals surface area contributed by atoms with E-state index < -0.39 is 112 Å². The minimum atomic E-state index is -5.65. The summed E-state index contributed by atoms with van der Waals surface area (Å²) in [4.78, 5) is 21.5. The SMILES string of the molecule is CN(C)CCCNS(=O)(=O)CCCOC(C(F)(F)F)C(F)(F)F.C[N+](C)(CCCNS(=O)(=O)CCCOC(C(F)(F)F)C(F)(F)F)CC(=O)[O-].O=C([O-])CCl.[Na+]. The van der Waals surface area contributed by atoms with E-state index in [-0.39, 0.29) is 60.1 Å². The number of hydrogen-bond donors (Lipinski definition) is 2. The van der Waals surface area contributed by atoms with Gasteiger partial charge in [-0.1, -0.05) is 0 Å². The third-order valence-corrected chi connectivity index (χ3v) is 9.06. The number of rotatable bonds is 23. The molecule has 0 spiro atoms. The average Bonchev–Trinajstić information content (AvgIpc) is 2.94. The number of aliphatic carboxylic acids is 2. The quantitative estimate of drug-likeness (QED) is 0.0370. The maximum atomic E-state index is 12.2. The minimum Gasteiger partial charge on any atom is -0.549 e. The molecule has 0 radical (unpaired) electrons. The Morgan fingerprint density at radius 3 is 1.27 bits per heavy atom. The predicted molar refractivity (Wildman–Crippen MR) is 167 cm³/mol. The van der Waals surface area contributed by atoms with E-state index in [0.29, 0.717) is 19.5 Å². The van der Waals surface area contributed by atoms with Crippen LogP contribution in [0.2, 0.25) is 0 Å². The van der Waals surface area contributed by atoms with Crippen molar-refractivity contribution < 1.29 is 133 Å². The predicted octanol–water partition coefficient (Wildman–Crippen LogP) is -2.24. The molecule has 0 aliphatic rings. The number of carboxylic acids is 2. The van der Waals surface area contributed by atoms with Crippen LogP contribution < -0.4 is 49.2 Å². The summed E-state index contributed by atoms with van der Waals surface area (Å²) < 4.78 is 205. The van der Waals surface area contributed by atoms with Gasteiger partial charge in [0.2, 0.25) is 32.3 Å². The Bertz CT molecular complexity index is 1300. The van der Waals surface area contributed by atoms with E-state index in [0.717, 1.165) is 0 Å². The standard InChI is InChI=1S/C13H22F6N2O5S.C11H20F6N2O3S.C2H3ClO2.Na/c1-21(2,9-10(22)23)6-3-5-20-27(24,25)8-4-7-26-11(12(14,15)16)13(17,18)19;1-19(2)6-3-5-18-23(20,21)8-4-7-22-9(10(12,13)14)11(15,16)17;3-1-2(4)5;/h11,20H,3-9H2,1-2H3;9,18H,3-8H2,1-2H3;1H2,(H,4,5);/q;;;+1/p-1. The second kappa shape index (κ2) is 27.7. The molecule has 0 unspecified atom stereocenters. The summed E-state index contributed by atoms with van der Waals surface area (Å²) in [5, 5.41) is 19.7. The first-order chi connectivity index (χ1) is 24.5. The maximum Gasteiger partial charge on any atom is 1.00 e. The number of sulfonamides is 2. The van der Waals surface area contributed by atoms with Crippen molar-refractivity contribution in [2.45, 2.75) is 62.6 Å². The molecule has 0 aromatic carbocycles. The van der Waals surface area contributed by atoms with E-state index >= 15 is 0 Å². The fraction of sp³-hybridized carbons (Fsp3) is 0.923. The fourth-order valence-corrected chi connectivity index (χ4v) is 5.78. The first kappa shape index (κ1) is 61.7. The summed E-state index contributed by atoms with van der Waals surface area (Å²) in [6.45, 7) is -1.28. The number of halogens is 13. The molecule has 0 saturated heterocycles. The zero-order chi connectivity index (χ0) is 44.1. The van der Waals surface area contributed by atoms with Crippen molar-refractivity contribution in [2.24, 2.45) is 0 Å². The van der Waals surface area contributed by atoms with Crippen molar-refractivity contribution in [2.75, 3.05) is 91.5 Å². The summed E-state index contributed by atoms with van der Waals surface area (Å²) in [6.07, 6.45) is -30.6. The van der Waals surface area contributed by atoms with Gasteiger partial charge in [-0.25, -0.2) is 26.3 Å². The number of nitrogens with one attached hydrogen (secondary N) is 2. The summed E-state index contributed by atoms with van der Waals surface area (Å²) in [7, 11) is -0.895. The van der Waals surface area contributed by atoms with Gasteiger partial charge in [0.05, 0.1) is 50.0 Å². The monoisotopic (exact) mass is 922 g/mol. The van der Waals surface area contributed by atoms with Crippen LogP contribution in [0.3, 0.4) is 0 Å². The average molecular weight is 923 g/mol. The molecule has 14 nitrogen and oxygen atoms in total. The van der Waals surface area contributed by atoms with Crippen LogP contribution >= 0.6 is 11.6 Å². The van der Waals surface area contributed by atoms with Gasteiger partial charge in [-0.15, -0.1) is 11.6 Å². The number of quaternary nitrogens is 1. The Morgan fingerprint density at radius 2 is 1.00 bits per heavy atom. The van der Waals surface area contributed by atoms with Gasteiger partial charge in [-0.2, -0.15) is 52.7 Å². The molecular weight excluding hydrogens is 879 g/mol. The smallest absolute Gasteiger partial charge is 0.549 e. The number of carbonyl (C=O) groups is 2. The van der Waals surface area contributed by atoms with Crippen LogP contribution in [0.4, 0.5) is 52.7 Å². The van der Waals surface area contributed by atoms with Gasteiger partial charge in [0.1, 0.15) is 6.54 Å². The van der Waals surface area contributed by atoms with Gasteiger partial charge in [0.15, 0.2) is 0 Å². The van der Waals surface area contributed by atoms with Crippen LogP contribution in [0.15, 0.2) is 0 Å². The molecule has 0 fully saturated rings. The van der Waals surface area contributed by atoms with Crippen LogP contribution in [0.1, 0.15) is 25.7 Å². The van der Waals surface area contributed by atoms with Crippen LogP contribution in [0.25, 0.3) is 0 Å².